The van der Waals surface area contributed by atoms with Gasteiger partial charge in [-0.3, -0.25) is 4.90 Å². The summed E-state index contributed by atoms with van der Waals surface area (Å²) < 4.78 is 14.1. The smallest absolute Gasteiger partial charge is 0.220 e. The standard InChI is InChI=1S/C17H22FN5/c18-14-7-6-12(10-13(14)11-4-5-11)23-16(20)21-15(19)22-17(23)8-2-1-3-9-17/h6-7,10-11H,1-5,8-9H2,(H4,19,20,21,22). The molecule has 23 heavy (non-hydrogen) atoms. The van der Waals surface area contributed by atoms with Crippen LogP contribution >= 0.6 is 0 Å². The van der Waals surface area contributed by atoms with Crippen molar-refractivity contribution >= 4 is 17.6 Å². The number of hydrogen-bond donors (Lipinski definition) is 2. The summed E-state index contributed by atoms with van der Waals surface area (Å²) in [6.07, 6.45) is 7.24. The Morgan fingerprint density at radius 3 is 2.57 bits per heavy atom. The Bertz CT molecular complexity index is 686. The van der Waals surface area contributed by atoms with Crippen molar-refractivity contribution in [2.45, 2.75) is 56.5 Å². The molecule has 0 amide bonds. The van der Waals surface area contributed by atoms with Crippen LogP contribution in [0, 0.1) is 5.82 Å². The Morgan fingerprint density at radius 2 is 1.87 bits per heavy atom. The quantitative estimate of drug-likeness (QED) is 0.880. The number of benzene rings is 1. The number of halogens is 1. The summed E-state index contributed by atoms with van der Waals surface area (Å²) in [5.41, 5.74) is 13.3. The lowest BCUT2D eigenvalue weighted by Gasteiger charge is -2.45. The Labute approximate surface area is 135 Å². The van der Waals surface area contributed by atoms with E-state index in [0.717, 1.165) is 49.8 Å². The van der Waals surface area contributed by atoms with Crippen LogP contribution in [0.2, 0.25) is 0 Å². The zero-order chi connectivity index (χ0) is 16.0. The van der Waals surface area contributed by atoms with Crippen LogP contribution in [0.1, 0.15) is 56.4 Å². The van der Waals surface area contributed by atoms with Crippen LogP contribution in [-0.4, -0.2) is 17.6 Å². The monoisotopic (exact) mass is 315 g/mol. The van der Waals surface area contributed by atoms with E-state index in [1.807, 2.05) is 11.0 Å². The van der Waals surface area contributed by atoms with Crippen LogP contribution in [0.15, 0.2) is 28.2 Å². The molecule has 4 N–H and O–H groups in total. The van der Waals surface area contributed by atoms with Crippen LogP contribution < -0.4 is 16.4 Å². The Hall–Kier alpha value is -2.11. The third-order valence-corrected chi connectivity index (χ3v) is 5.11. The highest BCUT2D eigenvalue weighted by Crippen LogP contribution is 2.44. The van der Waals surface area contributed by atoms with Crippen molar-refractivity contribution < 1.29 is 4.39 Å². The number of nitrogens with zero attached hydrogens (tertiary/aromatic N) is 3. The van der Waals surface area contributed by atoms with Gasteiger partial charge in [-0.15, -0.1) is 0 Å². The molecule has 5 nitrogen and oxygen atoms in total. The lowest BCUT2D eigenvalue weighted by Crippen LogP contribution is -2.58. The van der Waals surface area contributed by atoms with Gasteiger partial charge >= 0.3 is 0 Å². The maximum Gasteiger partial charge on any atom is 0.220 e. The molecule has 0 atom stereocenters. The van der Waals surface area contributed by atoms with E-state index in [-0.39, 0.29) is 11.8 Å². The minimum Gasteiger partial charge on any atom is -0.369 e. The fourth-order valence-corrected chi connectivity index (χ4v) is 3.87. The molecule has 1 spiro atoms. The van der Waals surface area contributed by atoms with Crippen molar-refractivity contribution in [2.75, 3.05) is 4.90 Å². The van der Waals surface area contributed by atoms with Crippen molar-refractivity contribution in [3.63, 3.8) is 0 Å². The zero-order valence-corrected chi connectivity index (χ0v) is 13.1. The molecule has 2 fully saturated rings. The topological polar surface area (TPSA) is 80.0 Å². The van der Waals surface area contributed by atoms with Gasteiger partial charge in [0.15, 0.2) is 0 Å². The van der Waals surface area contributed by atoms with Gasteiger partial charge in [-0.2, -0.15) is 4.99 Å². The van der Waals surface area contributed by atoms with Gasteiger partial charge in [-0.1, -0.05) is 6.42 Å². The zero-order valence-electron chi connectivity index (χ0n) is 13.1. The maximum absolute atomic E-state index is 14.1. The van der Waals surface area contributed by atoms with Gasteiger partial charge in [0.25, 0.3) is 0 Å². The van der Waals surface area contributed by atoms with Gasteiger partial charge in [0.2, 0.25) is 11.9 Å². The number of guanidine groups is 2. The molecule has 4 rings (SSSR count). The largest absolute Gasteiger partial charge is 0.369 e. The summed E-state index contributed by atoms with van der Waals surface area (Å²) in [6.45, 7) is 0. The Morgan fingerprint density at radius 1 is 1.13 bits per heavy atom. The molecular formula is C17H22FN5. The third-order valence-electron chi connectivity index (χ3n) is 5.11. The first-order valence-corrected chi connectivity index (χ1v) is 8.38. The lowest BCUT2D eigenvalue weighted by atomic mass is 9.87. The molecule has 1 aromatic carbocycles. The molecular weight excluding hydrogens is 293 g/mol. The summed E-state index contributed by atoms with van der Waals surface area (Å²) >= 11 is 0. The van der Waals surface area contributed by atoms with Gasteiger partial charge in [0.05, 0.1) is 0 Å². The summed E-state index contributed by atoms with van der Waals surface area (Å²) in [5, 5.41) is 0. The molecule has 0 saturated heterocycles. The van der Waals surface area contributed by atoms with E-state index in [1.54, 1.807) is 6.07 Å². The second-order valence-electron chi connectivity index (χ2n) is 6.80. The molecule has 1 aromatic rings. The van der Waals surface area contributed by atoms with E-state index in [2.05, 4.69) is 9.98 Å². The second kappa shape index (κ2) is 5.22. The van der Waals surface area contributed by atoms with Crippen molar-refractivity contribution in [2.24, 2.45) is 21.5 Å². The number of aliphatic imine (C=N–C) groups is 2. The Balaban J connectivity index is 1.78. The van der Waals surface area contributed by atoms with Crippen molar-refractivity contribution in [3.8, 4) is 0 Å². The molecule has 2 aliphatic carbocycles. The first kappa shape index (κ1) is 14.5. The van der Waals surface area contributed by atoms with E-state index < -0.39 is 5.66 Å². The van der Waals surface area contributed by atoms with Gasteiger partial charge in [-0.05, 0) is 68.2 Å². The van der Waals surface area contributed by atoms with Crippen LogP contribution in [-0.2, 0) is 0 Å². The number of anilines is 1. The van der Waals surface area contributed by atoms with Gasteiger partial charge in [-0.25, -0.2) is 9.38 Å². The predicted octanol–water partition coefficient (Wildman–Crippen LogP) is 2.81. The average molecular weight is 315 g/mol. The lowest BCUT2D eigenvalue weighted by molar-refractivity contribution is 0.305. The molecule has 0 unspecified atom stereocenters. The maximum atomic E-state index is 14.1. The molecule has 1 aliphatic heterocycles. The van der Waals surface area contributed by atoms with Crippen molar-refractivity contribution in [3.05, 3.63) is 29.6 Å². The second-order valence-corrected chi connectivity index (χ2v) is 6.80. The highest BCUT2D eigenvalue weighted by Gasteiger charge is 2.43. The molecule has 3 aliphatic rings. The molecule has 6 heteroatoms. The van der Waals surface area contributed by atoms with Gasteiger partial charge in [0.1, 0.15) is 11.5 Å². The number of nitrogens with two attached hydrogens (primary N) is 2. The van der Waals surface area contributed by atoms with E-state index >= 15 is 0 Å². The number of hydrogen-bond acceptors (Lipinski definition) is 5. The summed E-state index contributed by atoms with van der Waals surface area (Å²) in [5.74, 6) is 0.802. The molecule has 0 radical (unpaired) electrons. The highest BCUT2D eigenvalue weighted by atomic mass is 19.1. The third kappa shape index (κ3) is 2.46. The van der Waals surface area contributed by atoms with Crippen LogP contribution in [0.3, 0.4) is 0 Å². The average Bonchev–Trinajstić information content (AvgIpc) is 3.33. The van der Waals surface area contributed by atoms with Crippen molar-refractivity contribution in [1.82, 2.24) is 0 Å². The molecule has 2 saturated carbocycles. The first-order chi connectivity index (χ1) is 11.1. The van der Waals surface area contributed by atoms with E-state index in [1.165, 1.54) is 12.5 Å². The summed E-state index contributed by atoms with van der Waals surface area (Å²) in [6, 6.07) is 5.23. The van der Waals surface area contributed by atoms with Gasteiger partial charge in [0, 0.05) is 5.69 Å². The van der Waals surface area contributed by atoms with E-state index in [9.17, 15) is 4.39 Å². The molecule has 1 heterocycles. The molecule has 0 aromatic heterocycles. The SMILES string of the molecule is NC1=NC2(CCCCC2)N(c2ccc(F)c(C3CC3)c2)C(N)=N1. The first-order valence-electron chi connectivity index (χ1n) is 8.38. The molecule has 122 valence electrons. The predicted molar refractivity (Wildman–Crippen MR) is 89.9 cm³/mol. The van der Waals surface area contributed by atoms with E-state index in [0.29, 0.717) is 11.9 Å². The fourth-order valence-electron chi connectivity index (χ4n) is 3.87. The van der Waals surface area contributed by atoms with Gasteiger partial charge < -0.3 is 11.5 Å². The summed E-state index contributed by atoms with van der Waals surface area (Å²) in [7, 11) is 0. The van der Waals surface area contributed by atoms with E-state index in [4.69, 9.17) is 11.5 Å². The fraction of sp³-hybridized carbons (Fsp3) is 0.529. The Kier molecular flexibility index (Phi) is 3.28. The normalized spacial score (nSPS) is 23.6. The molecule has 0 bridgehead atoms. The van der Waals surface area contributed by atoms with Crippen molar-refractivity contribution in [1.29, 1.82) is 0 Å². The van der Waals surface area contributed by atoms with Crippen LogP contribution in [0.25, 0.3) is 0 Å². The minimum absolute atomic E-state index is 0.135. The minimum atomic E-state index is -0.465. The summed E-state index contributed by atoms with van der Waals surface area (Å²) in [4.78, 5) is 10.8. The van der Waals surface area contributed by atoms with Crippen LogP contribution in [0.5, 0.6) is 0 Å². The van der Waals surface area contributed by atoms with Crippen LogP contribution in [0.4, 0.5) is 10.1 Å². The highest BCUT2D eigenvalue weighted by molar-refractivity contribution is 6.05. The number of rotatable bonds is 2.